The van der Waals surface area contributed by atoms with E-state index in [1.165, 1.54) is 5.57 Å². The molecule has 4 rings (SSSR count). The summed E-state index contributed by atoms with van der Waals surface area (Å²) < 4.78 is 35.9. The minimum absolute atomic E-state index is 0.0783. The molecule has 0 bridgehead atoms. The van der Waals surface area contributed by atoms with Gasteiger partial charge in [0.15, 0.2) is 0 Å². The fourth-order valence-corrected chi connectivity index (χ4v) is 7.16. The Morgan fingerprint density at radius 1 is 1.12 bits per heavy atom. The van der Waals surface area contributed by atoms with E-state index in [9.17, 15) is 13.2 Å². The molecule has 3 saturated carbocycles. The fourth-order valence-electron chi connectivity index (χ4n) is 6.65. The molecule has 0 aromatic rings. The highest BCUT2D eigenvalue weighted by Crippen LogP contribution is 2.64. The van der Waals surface area contributed by atoms with E-state index >= 15 is 0 Å². The topological polar surface area (TPSA) is 80.7 Å². The SMILES string of the molecule is C[C@@]12CC[C@@H]3[C@H](CC=C4C[C@H](OS(=O)(=O)O)CC[C@]43C)[C@H]1CCC2=O. The summed E-state index contributed by atoms with van der Waals surface area (Å²) in [6, 6.07) is 0. The van der Waals surface area contributed by atoms with Crippen molar-refractivity contribution in [1.29, 1.82) is 0 Å². The first kappa shape index (κ1) is 17.7. The number of hydrogen-bond donors (Lipinski definition) is 1. The molecule has 0 unspecified atom stereocenters. The lowest BCUT2D eigenvalue weighted by molar-refractivity contribution is -0.131. The van der Waals surface area contributed by atoms with Crippen molar-refractivity contribution in [1.82, 2.24) is 0 Å². The van der Waals surface area contributed by atoms with Crippen molar-refractivity contribution in [3.63, 3.8) is 0 Å². The summed E-state index contributed by atoms with van der Waals surface area (Å²) in [7, 11) is -4.40. The van der Waals surface area contributed by atoms with Crippen molar-refractivity contribution in [2.75, 3.05) is 0 Å². The zero-order chi connectivity index (χ0) is 18.0. The third-order valence-corrected chi connectivity index (χ3v) is 8.54. The Kier molecular flexibility index (Phi) is 3.99. The van der Waals surface area contributed by atoms with Gasteiger partial charge in [0.05, 0.1) is 6.10 Å². The monoisotopic (exact) mass is 368 g/mol. The third kappa shape index (κ3) is 2.72. The van der Waals surface area contributed by atoms with Crippen molar-refractivity contribution < 1.29 is 21.9 Å². The zero-order valence-electron chi connectivity index (χ0n) is 15.0. The molecule has 3 fully saturated rings. The van der Waals surface area contributed by atoms with E-state index in [0.29, 0.717) is 36.4 Å². The van der Waals surface area contributed by atoms with E-state index in [1.54, 1.807) is 0 Å². The largest absolute Gasteiger partial charge is 0.397 e. The first-order valence-electron chi connectivity index (χ1n) is 9.52. The second-order valence-electron chi connectivity index (χ2n) is 9.07. The van der Waals surface area contributed by atoms with E-state index in [0.717, 1.165) is 38.5 Å². The van der Waals surface area contributed by atoms with Crippen LogP contribution >= 0.6 is 0 Å². The molecule has 0 spiro atoms. The number of carbonyl (C=O) groups is 1. The van der Waals surface area contributed by atoms with Crippen LogP contribution in [0.25, 0.3) is 0 Å². The maximum Gasteiger partial charge on any atom is 0.397 e. The lowest BCUT2D eigenvalue weighted by Gasteiger charge is -2.56. The molecule has 0 aromatic carbocycles. The maximum absolute atomic E-state index is 12.4. The van der Waals surface area contributed by atoms with Gasteiger partial charge in [-0.2, -0.15) is 8.42 Å². The Balaban J connectivity index is 1.59. The highest BCUT2D eigenvalue weighted by Gasteiger charge is 2.58. The first-order valence-corrected chi connectivity index (χ1v) is 10.9. The van der Waals surface area contributed by atoms with Crippen molar-refractivity contribution in [2.45, 2.75) is 71.3 Å². The number of Topliss-reactive ketones (excluding diaryl/α,β-unsaturated/α-hetero) is 1. The number of fused-ring (bicyclic) bond motifs is 5. The van der Waals surface area contributed by atoms with Crippen LogP contribution in [0.5, 0.6) is 0 Å². The lowest BCUT2D eigenvalue weighted by atomic mass is 9.48. The molecule has 0 aliphatic heterocycles. The smallest absolute Gasteiger partial charge is 0.299 e. The summed E-state index contributed by atoms with van der Waals surface area (Å²) in [6.07, 6.45) is 8.79. The Hall–Kier alpha value is -0.720. The summed E-state index contributed by atoms with van der Waals surface area (Å²) in [5.74, 6) is 2.10. The molecule has 6 heteroatoms. The average Bonchev–Trinajstić information content (AvgIpc) is 2.82. The molecule has 140 valence electrons. The van der Waals surface area contributed by atoms with Crippen molar-refractivity contribution >= 4 is 16.2 Å². The highest BCUT2D eigenvalue weighted by molar-refractivity contribution is 7.80. The molecule has 4 aliphatic rings. The minimum Gasteiger partial charge on any atom is -0.299 e. The zero-order valence-corrected chi connectivity index (χ0v) is 15.8. The van der Waals surface area contributed by atoms with Crippen LogP contribution in [-0.4, -0.2) is 24.9 Å². The Labute approximate surface area is 150 Å². The standard InChI is InChI=1S/C19H28O5S/c1-18-9-7-13(24-25(21,22)23)11-12(18)3-4-14-15-5-6-17(20)19(15,2)10-8-16(14)18/h3,13-16H,4-11H2,1-2H3,(H,21,22,23)/t13-,14-,15-,16-,18-,19-/m1/s1. The van der Waals surface area contributed by atoms with Crippen LogP contribution in [0, 0.1) is 28.6 Å². The summed E-state index contributed by atoms with van der Waals surface area (Å²) in [4.78, 5) is 12.4. The van der Waals surface area contributed by atoms with Gasteiger partial charge in [0.2, 0.25) is 0 Å². The summed E-state index contributed by atoms with van der Waals surface area (Å²) >= 11 is 0. The minimum atomic E-state index is -4.40. The van der Waals surface area contributed by atoms with Gasteiger partial charge in [-0.05, 0) is 68.1 Å². The lowest BCUT2D eigenvalue weighted by Crippen LogP contribution is -2.50. The molecular formula is C19H28O5S. The van der Waals surface area contributed by atoms with Crippen molar-refractivity contribution in [3.8, 4) is 0 Å². The number of ketones is 1. The molecule has 0 saturated heterocycles. The molecule has 0 heterocycles. The normalized spacial score (nSPS) is 46.8. The van der Waals surface area contributed by atoms with Gasteiger partial charge in [-0.15, -0.1) is 0 Å². The molecule has 0 aromatic heterocycles. The number of carbonyl (C=O) groups excluding carboxylic acids is 1. The molecule has 0 amide bonds. The molecular weight excluding hydrogens is 340 g/mol. The van der Waals surface area contributed by atoms with E-state index in [1.807, 2.05) is 0 Å². The van der Waals surface area contributed by atoms with Crippen LogP contribution in [0.2, 0.25) is 0 Å². The molecule has 4 aliphatic carbocycles. The highest BCUT2D eigenvalue weighted by atomic mass is 32.3. The van der Waals surface area contributed by atoms with Crippen LogP contribution in [-0.2, 0) is 19.4 Å². The maximum atomic E-state index is 12.4. The molecule has 1 N–H and O–H groups in total. The predicted molar refractivity (Wildman–Crippen MR) is 93.1 cm³/mol. The van der Waals surface area contributed by atoms with Gasteiger partial charge in [0, 0.05) is 11.8 Å². The number of rotatable bonds is 2. The van der Waals surface area contributed by atoms with Crippen LogP contribution in [0.3, 0.4) is 0 Å². The predicted octanol–water partition coefficient (Wildman–Crippen LogP) is 3.71. The number of hydrogen-bond acceptors (Lipinski definition) is 4. The molecule has 0 radical (unpaired) electrons. The quantitative estimate of drug-likeness (QED) is 0.594. The molecule has 5 nitrogen and oxygen atoms in total. The fraction of sp³-hybridized carbons (Fsp3) is 0.842. The van der Waals surface area contributed by atoms with E-state index in [2.05, 4.69) is 19.9 Å². The molecule has 6 atom stereocenters. The first-order chi connectivity index (χ1) is 11.6. The summed E-state index contributed by atoms with van der Waals surface area (Å²) in [5, 5.41) is 0. The third-order valence-electron chi connectivity index (χ3n) is 8.03. The van der Waals surface area contributed by atoms with Crippen LogP contribution < -0.4 is 0 Å². The summed E-state index contributed by atoms with van der Waals surface area (Å²) in [5.41, 5.74) is 1.25. The van der Waals surface area contributed by atoms with Gasteiger partial charge in [-0.3, -0.25) is 9.35 Å². The van der Waals surface area contributed by atoms with Gasteiger partial charge in [-0.1, -0.05) is 25.5 Å². The van der Waals surface area contributed by atoms with Crippen molar-refractivity contribution in [2.24, 2.45) is 28.6 Å². The van der Waals surface area contributed by atoms with Gasteiger partial charge in [-0.25, -0.2) is 4.18 Å². The van der Waals surface area contributed by atoms with E-state index < -0.39 is 16.5 Å². The Bertz CT molecular complexity index is 726. The van der Waals surface area contributed by atoms with Crippen molar-refractivity contribution in [3.05, 3.63) is 11.6 Å². The Morgan fingerprint density at radius 3 is 2.52 bits per heavy atom. The average molecular weight is 368 g/mol. The second-order valence-corrected chi connectivity index (χ2v) is 10.1. The second kappa shape index (κ2) is 5.64. The van der Waals surface area contributed by atoms with Gasteiger partial charge < -0.3 is 0 Å². The van der Waals surface area contributed by atoms with Gasteiger partial charge in [0.25, 0.3) is 0 Å². The van der Waals surface area contributed by atoms with Crippen LogP contribution in [0.1, 0.15) is 65.2 Å². The Morgan fingerprint density at radius 2 is 1.80 bits per heavy atom. The van der Waals surface area contributed by atoms with Gasteiger partial charge in [0.1, 0.15) is 5.78 Å². The van der Waals surface area contributed by atoms with E-state index in [4.69, 9.17) is 8.74 Å². The summed E-state index contributed by atoms with van der Waals surface area (Å²) in [6.45, 7) is 4.50. The number of allylic oxidation sites excluding steroid dienone is 1. The van der Waals surface area contributed by atoms with Crippen LogP contribution in [0.4, 0.5) is 0 Å². The molecule has 25 heavy (non-hydrogen) atoms. The van der Waals surface area contributed by atoms with Crippen LogP contribution in [0.15, 0.2) is 11.6 Å². The van der Waals surface area contributed by atoms with E-state index in [-0.39, 0.29) is 10.8 Å². The van der Waals surface area contributed by atoms with Gasteiger partial charge >= 0.3 is 10.4 Å².